The van der Waals surface area contributed by atoms with Gasteiger partial charge in [-0.05, 0) is 44.0 Å². The molecule has 0 saturated carbocycles. The summed E-state index contributed by atoms with van der Waals surface area (Å²) in [6.45, 7) is 3.99. The highest BCUT2D eigenvalue weighted by atomic mass is 79.9. The van der Waals surface area contributed by atoms with Crippen LogP contribution in [0.3, 0.4) is 0 Å². The van der Waals surface area contributed by atoms with Gasteiger partial charge in [-0.25, -0.2) is 0 Å². The first-order valence-electron chi connectivity index (χ1n) is 5.51. The molecule has 90 valence electrons. The molecule has 0 spiro atoms. The number of alkyl halides is 1. The summed E-state index contributed by atoms with van der Waals surface area (Å²) in [4.78, 5) is 0.307. The van der Waals surface area contributed by atoms with E-state index in [0.717, 1.165) is 22.4 Å². The second kappa shape index (κ2) is 5.40. The number of hydrogen-bond acceptors (Lipinski definition) is 1. The van der Waals surface area contributed by atoms with Crippen LogP contribution >= 0.6 is 31.9 Å². The molecular formula is C14H14Br2O. The van der Waals surface area contributed by atoms with E-state index in [1.807, 2.05) is 13.8 Å². The van der Waals surface area contributed by atoms with Crippen molar-refractivity contribution in [2.45, 2.75) is 25.1 Å². The monoisotopic (exact) mass is 356 g/mol. The fourth-order valence-corrected chi connectivity index (χ4v) is 2.99. The Labute approximate surface area is 118 Å². The fourth-order valence-electron chi connectivity index (χ4n) is 1.90. The largest absolute Gasteiger partial charge is 0.466 e. The minimum absolute atomic E-state index is 0.307. The molecule has 0 saturated heterocycles. The first kappa shape index (κ1) is 12.9. The molecule has 1 heterocycles. The second-order valence-corrected chi connectivity index (χ2v) is 6.19. The Hall–Kier alpha value is -0.540. The van der Waals surface area contributed by atoms with Crippen LogP contribution in [-0.2, 0) is 6.42 Å². The van der Waals surface area contributed by atoms with E-state index in [9.17, 15) is 0 Å². The van der Waals surface area contributed by atoms with Crippen molar-refractivity contribution in [2.75, 3.05) is 0 Å². The Kier molecular flexibility index (Phi) is 4.10. The number of hydrogen-bond donors (Lipinski definition) is 0. The minimum Gasteiger partial charge on any atom is -0.466 e. The SMILES string of the molecule is Cc1cc(C(Br)Cc2ccc(Br)cc2)c(C)o1. The topological polar surface area (TPSA) is 13.1 Å². The van der Waals surface area contributed by atoms with Gasteiger partial charge in [-0.1, -0.05) is 44.0 Å². The third kappa shape index (κ3) is 3.23. The summed E-state index contributed by atoms with van der Waals surface area (Å²) in [6, 6.07) is 10.5. The highest BCUT2D eigenvalue weighted by Crippen LogP contribution is 2.31. The Bertz CT molecular complexity index is 499. The van der Waals surface area contributed by atoms with E-state index in [2.05, 4.69) is 62.2 Å². The van der Waals surface area contributed by atoms with Gasteiger partial charge in [0, 0.05) is 14.9 Å². The lowest BCUT2D eigenvalue weighted by Gasteiger charge is -2.08. The van der Waals surface area contributed by atoms with E-state index in [4.69, 9.17) is 4.42 Å². The zero-order valence-corrected chi connectivity index (χ0v) is 13.0. The molecule has 2 aromatic rings. The Morgan fingerprint density at radius 1 is 1.18 bits per heavy atom. The molecule has 1 aromatic carbocycles. The average molecular weight is 358 g/mol. The molecule has 0 bridgehead atoms. The smallest absolute Gasteiger partial charge is 0.105 e. The molecule has 3 heteroatoms. The molecule has 0 amide bonds. The number of aryl methyl sites for hydroxylation is 2. The van der Waals surface area contributed by atoms with Crippen LogP contribution in [0.4, 0.5) is 0 Å². The third-order valence-electron chi connectivity index (χ3n) is 2.75. The van der Waals surface area contributed by atoms with Crippen LogP contribution in [0.25, 0.3) is 0 Å². The highest BCUT2D eigenvalue weighted by Gasteiger charge is 2.14. The van der Waals surface area contributed by atoms with Crippen molar-refractivity contribution in [2.24, 2.45) is 0 Å². The van der Waals surface area contributed by atoms with Crippen LogP contribution in [0.2, 0.25) is 0 Å². The van der Waals surface area contributed by atoms with E-state index in [0.29, 0.717) is 4.83 Å². The van der Waals surface area contributed by atoms with Crippen LogP contribution in [0, 0.1) is 13.8 Å². The zero-order chi connectivity index (χ0) is 12.4. The molecule has 0 radical (unpaired) electrons. The quantitative estimate of drug-likeness (QED) is 0.676. The first-order valence-corrected chi connectivity index (χ1v) is 7.22. The maximum absolute atomic E-state index is 5.55. The van der Waals surface area contributed by atoms with Crippen molar-refractivity contribution in [3.8, 4) is 0 Å². The van der Waals surface area contributed by atoms with E-state index >= 15 is 0 Å². The summed E-state index contributed by atoms with van der Waals surface area (Å²) >= 11 is 7.18. The molecule has 1 unspecified atom stereocenters. The van der Waals surface area contributed by atoms with Gasteiger partial charge in [-0.3, -0.25) is 0 Å². The Morgan fingerprint density at radius 2 is 1.82 bits per heavy atom. The number of benzene rings is 1. The maximum Gasteiger partial charge on any atom is 0.105 e. The summed E-state index contributed by atoms with van der Waals surface area (Å²) in [7, 11) is 0. The van der Waals surface area contributed by atoms with E-state index in [1.54, 1.807) is 0 Å². The molecule has 1 nitrogen and oxygen atoms in total. The standard InChI is InChI=1S/C14H14Br2O/c1-9-7-13(10(2)17-9)14(16)8-11-3-5-12(15)6-4-11/h3-7,14H,8H2,1-2H3. The molecule has 0 N–H and O–H groups in total. The first-order chi connectivity index (χ1) is 8.06. The lowest BCUT2D eigenvalue weighted by atomic mass is 10.0. The van der Waals surface area contributed by atoms with Crippen molar-refractivity contribution in [1.29, 1.82) is 0 Å². The average Bonchev–Trinajstić information content (AvgIpc) is 2.61. The molecule has 0 fully saturated rings. The van der Waals surface area contributed by atoms with Crippen molar-refractivity contribution in [3.05, 3.63) is 57.5 Å². The van der Waals surface area contributed by atoms with Gasteiger partial charge in [0.2, 0.25) is 0 Å². The molecule has 0 aliphatic heterocycles. The van der Waals surface area contributed by atoms with Crippen molar-refractivity contribution < 1.29 is 4.42 Å². The van der Waals surface area contributed by atoms with Crippen molar-refractivity contribution in [1.82, 2.24) is 0 Å². The van der Waals surface area contributed by atoms with Crippen LogP contribution in [0.15, 0.2) is 39.2 Å². The summed E-state index contributed by atoms with van der Waals surface area (Å²) in [5.74, 6) is 1.97. The van der Waals surface area contributed by atoms with Crippen LogP contribution in [0.5, 0.6) is 0 Å². The van der Waals surface area contributed by atoms with Crippen molar-refractivity contribution in [3.63, 3.8) is 0 Å². The molecule has 0 aliphatic carbocycles. The third-order valence-corrected chi connectivity index (χ3v) is 4.09. The molecule has 17 heavy (non-hydrogen) atoms. The maximum atomic E-state index is 5.55. The number of rotatable bonds is 3. The van der Waals surface area contributed by atoms with Gasteiger partial charge in [-0.2, -0.15) is 0 Å². The van der Waals surface area contributed by atoms with Gasteiger partial charge in [0.25, 0.3) is 0 Å². The molecule has 1 atom stereocenters. The fraction of sp³-hybridized carbons (Fsp3) is 0.286. The Balaban J connectivity index is 2.14. The van der Waals surface area contributed by atoms with Gasteiger partial charge in [0.15, 0.2) is 0 Å². The minimum atomic E-state index is 0.307. The van der Waals surface area contributed by atoms with Gasteiger partial charge < -0.3 is 4.42 Å². The van der Waals surface area contributed by atoms with Gasteiger partial charge in [0.05, 0.1) is 0 Å². The van der Waals surface area contributed by atoms with Crippen LogP contribution in [-0.4, -0.2) is 0 Å². The van der Waals surface area contributed by atoms with E-state index in [-0.39, 0.29) is 0 Å². The predicted molar refractivity (Wildman–Crippen MR) is 77.7 cm³/mol. The Morgan fingerprint density at radius 3 is 2.35 bits per heavy atom. The van der Waals surface area contributed by atoms with Crippen LogP contribution < -0.4 is 0 Å². The lowest BCUT2D eigenvalue weighted by Crippen LogP contribution is -1.95. The summed E-state index contributed by atoms with van der Waals surface area (Å²) in [6.07, 6.45) is 0.965. The molecular weight excluding hydrogens is 344 g/mol. The number of furan rings is 1. The molecule has 0 aliphatic rings. The summed E-state index contributed by atoms with van der Waals surface area (Å²) < 4.78 is 6.67. The van der Waals surface area contributed by atoms with Gasteiger partial charge in [0.1, 0.15) is 11.5 Å². The highest BCUT2D eigenvalue weighted by molar-refractivity contribution is 9.10. The lowest BCUT2D eigenvalue weighted by molar-refractivity contribution is 0.501. The van der Waals surface area contributed by atoms with E-state index in [1.165, 1.54) is 11.1 Å². The molecule has 1 aromatic heterocycles. The zero-order valence-electron chi connectivity index (χ0n) is 9.84. The van der Waals surface area contributed by atoms with Crippen LogP contribution in [0.1, 0.15) is 27.5 Å². The van der Waals surface area contributed by atoms with Gasteiger partial charge >= 0.3 is 0 Å². The predicted octanol–water partition coefficient (Wildman–Crippen LogP) is 5.34. The normalized spacial score (nSPS) is 12.7. The number of halogens is 2. The summed E-state index contributed by atoms with van der Waals surface area (Å²) in [5.41, 5.74) is 2.55. The second-order valence-electron chi connectivity index (χ2n) is 4.17. The molecule has 2 rings (SSSR count). The summed E-state index contributed by atoms with van der Waals surface area (Å²) in [5, 5.41) is 0. The van der Waals surface area contributed by atoms with Crippen molar-refractivity contribution >= 4 is 31.9 Å². The van der Waals surface area contributed by atoms with Gasteiger partial charge in [-0.15, -0.1) is 0 Å². The van der Waals surface area contributed by atoms with E-state index < -0.39 is 0 Å².